The average Bonchev–Trinajstić information content (AvgIpc) is 2.25. The predicted octanol–water partition coefficient (Wildman–Crippen LogP) is 0.597. The number of rotatable bonds is 4. The van der Waals surface area contributed by atoms with Crippen molar-refractivity contribution in [1.29, 1.82) is 5.26 Å². The Hall–Kier alpha value is -1.87. The average molecular weight is 235 g/mol. The Labute approximate surface area is 101 Å². The Kier molecular flexibility index (Phi) is 3.86. The lowest BCUT2D eigenvalue weighted by Gasteiger charge is -2.26. The quantitative estimate of drug-likeness (QED) is 0.794. The Morgan fingerprint density at radius 2 is 2.24 bits per heavy atom. The van der Waals surface area contributed by atoms with Crippen LogP contribution in [0.2, 0.25) is 0 Å². The highest BCUT2D eigenvalue weighted by Crippen LogP contribution is 2.18. The summed E-state index contributed by atoms with van der Waals surface area (Å²) >= 11 is 0. The van der Waals surface area contributed by atoms with E-state index in [-0.39, 0.29) is 0 Å². The van der Waals surface area contributed by atoms with Crippen LogP contribution in [0.1, 0.15) is 19.4 Å². The molecule has 0 amide bonds. The largest absolute Gasteiger partial charge is 0.389 e. The second-order valence-electron chi connectivity index (χ2n) is 4.46. The van der Waals surface area contributed by atoms with E-state index in [2.05, 4.69) is 15.3 Å². The summed E-state index contributed by atoms with van der Waals surface area (Å²) in [6.07, 6.45) is 1.47. The molecule has 0 aliphatic heterocycles. The van der Waals surface area contributed by atoms with Crippen molar-refractivity contribution in [3.63, 3.8) is 0 Å². The molecule has 2 N–H and O–H groups in total. The van der Waals surface area contributed by atoms with Gasteiger partial charge >= 0.3 is 0 Å². The third-order valence-corrected chi connectivity index (χ3v) is 2.10. The molecule has 6 nitrogen and oxygen atoms in total. The molecule has 0 saturated carbocycles. The molecule has 0 aliphatic rings. The van der Waals surface area contributed by atoms with Gasteiger partial charge in [-0.1, -0.05) is 0 Å². The summed E-state index contributed by atoms with van der Waals surface area (Å²) in [7, 11) is 3.49. The number of nitrogens with one attached hydrogen (secondary N) is 1. The van der Waals surface area contributed by atoms with E-state index in [0.29, 0.717) is 23.9 Å². The number of likely N-dealkylation sites (N-methyl/N-ethyl adjacent to an activating group) is 1. The molecule has 0 spiro atoms. The van der Waals surface area contributed by atoms with Crippen LogP contribution in [0.25, 0.3) is 0 Å². The Bertz CT molecular complexity index is 432. The van der Waals surface area contributed by atoms with Gasteiger partial charge in [-0.3, -0.25) is 0 Å². The summed E-state index contributed by atoms with van der Waals surface area (Å²) in [4.78, 5) is 9.93. The van der Waals surface area contributed by atoms with Crippen LogP contribution in [0.4, 0.5) is 11.8 Å². The fourth-order valence-electron chi connectivity index (χ4n) is 1.52. The maximum absolute atomic E-state index is 9.76. The minimum Gasteiger partial charge on any atom is -0.389 e. The third-order valence-electron chi connectivity index (χ3n) is 2.10. The van der Waals surface area contributed by atoms with Crippen LogP contribution < -0.4 is 10.2 Å². The van der Waals surface area contributed by atoms with Gasteiger partial charge in [-0.25, -0.2) is 4.98 Å². The number of nitriles is 1. The molecule has 1 aromatic heterocycles. The second-order valence-corrected chi connectivity index (χ2v) is 4.46. The van der Waals surface area contributed by atoms with Gasteiger partial charge in [0.2, 0.25) is 5.95 Å². The van der Waals surface area contributed by atoms with Crippen LogP contribution in [0.5, 0.6) is 0 Å². The molecule has 0 aliphatic carbocycles. The third kappa shape index (κ3) is 3.57. The number of nitrogens with zero attached hydrogens (tertiary/aromatic N) is 4. The first-order valence-corrected chi connectivity index (χ1v) is 5.26. The number of hydrogen-bond acceptors (Lipinski definition) is 6. The second kappa shape index (κ2) is 4.97. The van der Waals surface area contributed by atoms with Gasteiger partial charge in [0, 0.05) is 20.6 Å². The molecule has 6 heteroatoms. The highest BCUT2D eigenvalue weighted by Gasteiger charge is 2.19. The Morgan fingerprint density at radius 1 is 1.59 bits per heavy atom. The lowest BCUT2D eigenvalue weighted by atomic mass is 10.1. The summed E-state index contributed by atoms with van der Waals surface area (Å²) in [6, 6.07) is 2.04. The Morgan fingerprint density at radius 3 is 2.71 bits per heavy atom. The van der Waals surface area contributed by atoms with Gasteiger partial charge in [0.05, 0.1) is 11.8 Å². The van der Waals surface area contributed by atoms with E-state index in [0.717, 1.165) is 0 Å². The van der Waals surface area contributed by atoms with Gasteiger partial charge in [0.25, 0.3) is 0 Å². The maximum atomic E-state index is 9.76. The van der Waals surface area contributed by atoms with Crippen molar-refractivity contribution < 1.29 is 5.11 Å². The number of aromatic nitrogens is 2. The van der Waals surface area contributed by atoms with Gasteiger partial charge in [-0.05, 0) is 13.8 Å². The minimum absolute atomic E-state index is 0.377. The van der Waals surface area contributed by atoms with E-state index in [4.69, 9.17) is 5.26 Å². The normalized spacial score (nSPS) is 10.8. The Balaban J connectivity index is 3.06. The van der Waals surface area contributed by atoms with Crippen LogP contribution >= 0.6 is 0 Å². The van der Waals surface area contributed by atoms with Crippen molar-refractivity contribution in [2.75, 3.05) is 30.9 Å². The minimum atomic E-state index is -0.855. The first-order valence-electron chi connectivity index (χ1n) is 5.26. The molecule has 17 heavy (non-hydrogen) atoms. The molecule has 1 heterocycles. The number of anilines is 2. The van der Waals surface area contributed by atoms with E-state index < -0.39 is 5.60 Å². The van der Waals surface area contributed by atoms with Gasteiger partial charge in [0.1, 0.15) is 11.6 Å². The number of aliphatic hydroxyl groups is 1. The highest BCUT2D eigenvalue weighted by atomic mass is 16.3. The lowest BCUT2D eigenvalue weighted by Crippen LogP contribution is -2.37. The van der Waals surface area contributed by atoms with Gasteiger partial charge in [0.15, 0.2) is 5.82 Å². The summed E-state index contributed by atoms with van der Waals surface area (Å²) in [5.74, 6) is 0.954. The maximum Gasteiger partial charge on any atom is 0.224 e. The van der Waals surface area contributed by atoms with E-state index in [1.54, 1.807) is 32.8 Å². The molecule has 0 bridgehead atoms. The molecule has 1 aromatic rings. The molecular formula is C11H17N5O. The van der Waals surface area contributed by atoms with E-state index >= 15 is 0 Å². The van der Waals surface area contributed by atoms with Crippen molar-refractivity contribution in [2.24, 2.45) is 0 Å². The predicted molar refractivity (Wildman–Crippen MR) is 65.9 cm³/mol. The van der Waals surface area contributed by atoms with Gasteiger partial charge in [-0.15, -0.1) is 0 Å². The smallest absolute Gasteiger partial charge is 0.224 e. The summed E-state index contributed by atoms with van der Waals surface area (Å²) < 4.78 is 0. The van der Waals surface area contributed by atoms with Crippen molar-refractivity contribution in [3.05, 3.63) is 11.8 Å². The van der Waals surface area contributed by atoms with Crippen LogP contribution in [0, 0.1) is 11.3 Å². The topological polar surface area (TPSA) is 85.1 Å². The van der Waals surface area contributed by atoms with Crippen LogP contribution in [-0.2, 0) is 0 Å². The fraction of sp³-hybridized carbons (Fsp3) is 0.545. The molecule has 92 valence electrons. The SMILES string of the molecule is CNc1ncc(C#N)c(N(C)CC(C)(C)O)n1. The van der Waals surface area contributed by atoms with Crippen LogP contribution in [0.15, 0.2) is 6.20 Å². The lowest BCUT2D eigenvalue weighted by molar-refractivity contribution is 0.0884. The molecular weight excluding hydrogens is 218 g/mol. The summed E-state index contributed by atoms with van der Waals surface area (Å²) in [5.41, 5.74) is -0.470. The van der Waals surface area contributed by atoms with Crippen molar-refractivity contribution >= 4 is 11.8 Å². The molecule has 1 rings (SSSR count). The summed E-state index contributed by atoms with van der Waals surface area (Å²) in [5, 5.41) is 21.6. The molecule has 0 unspecified atom stereocenters. The van der Waals surface area contributed by atoms with E-state index in [1.165, 1.54) is 6.20 Å². The van der Waals surface area contributed by atoms with Gasteiger partial charge in [-0.2, -0.15) is 10.2 Å². The van der Waals surface area contributed by atoms with E-state index in [1.807, 2.05) is 6.07 Å². The zero-order chi connectivity index (χ0) is 13.1. The molecule has 0 saturated heterocycles. The van der Waals surface area contributed by atoms with Crippen molar-refractivity contribution in [1.82, 2.24) is 9.97 Å². The standard InChI is InChI=1S/C11H17N5O/c1-11(2,17)7-16(4)9-8(5-12)6-14-10(13-3)15-9/h6,17H,7H2,1-4H3,(H,13,14,15). The first-order chi connectivity index (χ1) is 7.87. The molecule has 0 radical (unpaired) electrons. The van der Waals surface area contributed by atoms with Crippen molar-refractivity contribution in [3.8, 4) is 6.07 Å². The molecule has 0 aromatic carbocycles. The van der Waals surface area contributed by atoms with Crippen molar-refractivity contribution in [2.45, 2.75) is 19.4 Å². The highest BCUT2D eigenvalue weighted by molar-refractivity contribution is 5.54. The zero-order valence-corrected chi connectivity index (χ0v) is 10.5. The fourth-order valence-corrected chi connectivity index (χ4v) is 1.52. The van der Waals surface area contributed by atoms with Crippen LogP contribution in [-0.4, -0.2) is 41.3 Å². The number of hydrogen-bond donors (Lipinski definition) is 2. The van der Waals surface area contributed by atoms with E-state index in [9.17, 15) is 5.11 Å². The first kappa shape index (κ1) is 13.2. The zero-order valence-electron chi connectivity index (χ0n) is 10.5. The van der Waals surface area contributed by atoms with Crippen LogP contribution in [0.3, 0.4) is 0 Å². The molecule has 0 atom stereocenters. The van der Waals surface area contributed by atoms with Gasteiger partial charge < -0.3 is 15.3 Å². The summed E-state index contributed by atoms with van der Waals surface area (Å²) in [6.45, 7) is 3.79. The molecule has 0 fully saturated rings. The monoisotopic (exact) mass is 235 g/mol.